The maximum Gasteiger partial charge on any atom is 0.163 e. The van der Waals surface area contributed by atoms with Crippen molar-refractivity contribution in [2.75, 3.05) is 18.0 Å². The minimum atomic E-state index is 0.507. The van der Waals surface area contributed by atoms with Gasteiger partial charge in [-0.15, -0.1) is 0 Å². The van der Waals surface area contributed by atoms with Crippen molar-refractivity contribution in [3.63, 3.8) is 0 Å². The number of rotatable bonds is 2. The fraction of sp³-hybridized carbons (Fsp3) is 0.375. The summed E-state index contributed by atoms with van der Waals surface area (Å²) < 4.78 is 0. The zero-order chi connectivity index (χ0) is 13.9. The Bertz CT molecular complexity index is 578. The minimum Gasteiger partial charge on any atom is -0.356 e. The van der Waals surface area contributed by atoms with Gasteiger partial charge in [-0.3, -0.25) is 0 Å². The molecule has 2 heterocycles. The van der Waals surface area contributed by atoms with Crippen LogP contribution < -0.4 is 4.90 Å². The van der Waals surface area contributed by atoms with Gasteiger partial charge in [0, 0.05) is 24.7 Å². The molecule has 2 aromatic rings. The summed E-state index contributed by atoms with van der Waals surface area (Å²) in [5.41, 5.74) is 1.00. The minimum absolute atomic E-state index is 0.507. The van der Waals surface area contributed by atoms with Crippen molar-refractivity contribution >= 4 is 17.4 Å². The Labute approximate surface area is 124 Å². The number of piperidine rings is 1. The monoisotopic (exact) mass is 287 g/mol. The van der Waals surface area contributed by atoms with Crippen molar-refractivity contribution in [1.29, 1.82) is 0 Å². The fourth-order valence-corrected chi connectivity index (χ4v) is 2.70. The SMILES string of the molecule is CC1CCN(c2cc(Cl)nc(-c3ccccc3)n2)CC1. The van der Waals surface area contributed by atoms with E-state index in [2.05, 4.69) is 21.8 Å². The van der Waals surface area contributed by atoms with E-state index in [1.54, 1.807) is 0 Å². The molecule has 4 heteroatoms. The van der Waals surface area contributed by atoms with E-state index in [0.29, 0.717) is 11.0 Å². The molecule has 1 aliphatic rings. The molecular weight excluding hydrogens is 270 g/mol. The molecule has 0 bridgehead atoms. The Hall–Kier alpha value is -1.61. The van der Waals surface area contributed by atoms with Gasteiger partial charge in [-0.2, -0.15) is 0 Å². The summed E-state index contributed by atoms with van der Waals surface area (Å²) >= 11 is 6.17. The topological polar surface area (TPSA) is 29.0 Å². The summed E-state index contributed by atoms with van der Waals surface area (Å²) in [6.07, 6.45) is 2.42. The molecule has 0 radical (unpaired) electrons. The largest absolute Gasteiger partial charge is 0.356 e. The maximum atomic E-state index is 6.17. The van der Waals surface area contributed by atoms with Crippen LogP contribution in [0.4, 0.5) is 5.82 Å². The van der Waals surface area contributed by atoms with E-state index in [1.165, 1.54) is 12.8 Å². The first-order valence-corrected chi connectivity index (χ1v) is 7.45. The highest BCUT2D eigenvalue weighted by Gasteiger charge is 2.18. The number of hydrogen-bond acceptors (Lipinski definition) is 3. The number of benzene rings is 1. The fourth-order valence-electron chi connectivity index (χ4n) is 2.52. The number of aromatic nitrogens is 2. The van der Waals surface area contributed by atoms with Gasteiger partial charge in [0.2, 0.25) is 0 Å². The third-order valence-electron chi connectivity index (χ3n) is 3.82. The van der Waals surface area contributed by atoms with Gasteiger partial charge in [0.1, 0.15) is 11.0 Å². The van der Waals surface area contributed by atoms with E-state index in [9.17, 15) is 0 Å². The van der Waals surface area contributed by atoms with Gasteiger partial charge in [-0.1, -0.05) is 48.9 Å². The summed E-state index contributed by atoms with van der Waals surface area (Å²) in [7, 11) is 0. The Morgan fingerprint density at radius 2 is 1.80 bits per heavy atom. The Morgan fingerprint density at radius 3 is 2.50 bits per heavy atom. The smallest absolute Gasteiger partial charge is 0.163 e. The molecule has 0 spiro atoms. The van der Waals surface area contributed by atoms with Crippen molar-refractivity contribution in [1.82, 2.24) is 9.97 Å². The number of hydrogen-bond donors (Lipinski definition) is 0. The second kappa shape index (κ2) is 5.80. The van der Waals surface area contributed by atoms with Crippen LogP contribution in [0.25, 0.3) is 11.4 Å². The van der Waals surface area contributed by atoms with E-state index in [1.807, 2.05) is 36.4 Å². The standard InChI is InChI=1S/C16H18ClN3/c1-12-7-9-20(10-8-12)15-11-14(17)18-16(19-15)13-5-3-2-4-6-13/h2-6,11-12H,7-10H2,1H3. The lowest BCUT2D eigenvalue weighted by molar-refractivity contribution is 0.436. The Kier molecular flexibility index (Phi) is 3.88. The maximum absolute atomic E-state index is 6.17. The van der Waals surface area contributed by atoms with Crippen LogP contribution in [0, 0.1) is 5.92 Å². The van der Waals surface area contributed by atoms with Crippen molar-refractivity contribution in [2.24, 2.45) is 5.92 Å². The molecule has 20 heavy (non-hydrogen) atoms. The second-order valence-corrected chi connectivity index (χ2v) is 5.80. The van der Waals surface area contributed by atoms with Crippen LogP contribution in [-0.2, 0) is 0 Å². The zero-order valence-corrected chi connectivity index (χ0v) is 12.3. The van der Waals surface area contributed by atoms with Gasteiger partial charge in [-0.05, 0) is 18.8 Å². The van der Waals surface area contributed by atoms with Crippen molar-refractivity contribution in [2.45, 2.75) is 19.8 Å². The quantitative estimate of drug-likeness (QED) is 0.781. The molecule has 0 N–H and O–H groups in total. The third-order valence-corrected chi connectivity index (χ3v) is 4.01. The Balaban J connectivity index is 1.91. The first-order chi connectivity index (χ1) is 9.72. The molecule has 1 fully saturated rings. The molecule has 0 unspecified atom stereocenters. The third kappa shape index (κ3) is 2.93. The summed E-state index contributed by atoms with van der Waals surface area (Å²) in [6, 6.07) is 11.8. The second-order valence-electron chi connectivity index (χ2n) is 5.41. The van der Waals surface area contributed by atoms with Crippen LogP contribution in [0.1, 0.15) is 19.8 Å². The van der Waals surface area contributed by atoms with Crippen LogP contribution >= 0.6 is 11.6 Å². The van der Waals surface area contributed by atoms with Gasteiger partial charge >= 0.3 is 0 Å². The van der Waals surface area contributed by atoms with E-state index in [4.69, 9.17) is 11.6 Å². The first-order valence-electron chi connectivity index (χ1n) is 7.07. The average molecular weight is 288 g/mol. The van der Waals surface area contributed by atoms with Gasteiger partial charge < -0.3 is 4.90 Å². The molecule has 0 amide bonds. The van der Waals surface area contributed by atoms with Crippen LogP contribution in [0.3, 0.4) is 0 Å². The molecular formula is C16H18ClN3. The molecule has 3 nitrogen and oxygen atoms in total. The highest BCUT2D eigenvalue weighted by Crippen LogP contribution is 2.25. The predicted molar refractivity (Wildman–Crippen MR) is 83.1 cm³/mol. The molecule has 1 saturated heterocycles. The van der Waals surface area contributed by atoms with Crippen LogP contribution in [0.15, 0.2) is 36.4 Å². The summed E-state index contributed by atoms with van der Waals surface area (Å²) in [5, 5.41) is 0.507. The molecule has 0 saturated carbocycles. The van der Waals surface area contributed by atoms with E-state index in [-0.39, 0.29) is 0 Å². The van der Waals surface area contributed by atoms with Gasteiger partial charge in [-0.25, -0.2) is 9.97 Å². The van der Waals surface area contributed by atoms with Crippen LogP contribution in [0.2, 0.25) is 5.15 Å². The molecule has 1 aliphatic heterocycles. The normalized spacial score (nSPS) is 16.4. The lowest BCUT2D eigenvalue weighted by Crippen LogP contribution is -2.33. The van der Waals surface area contributed by atoms with Gasteiger partial charge in [0.05, 0.1) is 0 Å². The number of nitrogens with zero attached hydrogens (tertiary/aromatic N) is 3. The predicted octanol–water partition coefficient (Wildman–Crippen LogP) is 4.03. The van der Waals surface area contributed by atoms with E-state index >= 15 is 0 Å². The lowest BCUT2D eigenvalue weighted by atomic mass is 9.99. The highest BCUT2D eigenvalue weighted by molar-refractivity contribution is 6.29. The summed E-state index contributed by atoms with van der Waals surface area (Å²) in [6.45, 7) is 4.39. The first kappa shape index (κ1) is 13.4. The molecule has 0 aliphatic carbocycles. The molecule has 0 atom stereocenters. The molecule has 1 aromatic carbocycles. The molecule has 3 rings (SSSR count). The van der Waals surface area contributed by atoms with Crippen LogP contribution in [0.5, 0.6) is 0 Å². The van der Waals surface area contributed by atoms with Gasteiger partial charge in [0.25, 0.3) is 0 Å². The van der Waals surface area contributed by atoms with Crippen molar-refractivity contribution in [3.05, 3.63) is 41.6 Å². The lowest BCUT2D eigenvalue weighted by Gasteiger charge is -2.31. The number of anilines is 1. The highest BCUT2D eigenvalue weighted by atomic mass is 35.5. The van der Waals surface area contributed by atoms with Crippen molar-refractivity contribution < 1.29 is 0 Å². The van der Waals surface area contributed by atoms with Crippen molar-refractivity contribution in [3.8, 4) is 11.4 Å². The van der Waals surface area contributed by atoms with E-state index in [0.717, 1.165) is 30.4 Å². The Morgan fingerprint density at radius 1 is 1.10 bits per heavy atom. The summed E-state index contributed by atoms with van der Waals surface area (Å²) in [5.74, 6) is 2.44. The van der Waals surface area contributed by atoms with Crippen LogP contribution in [-0.4, -0.2) is 23.1 Å². The zero-order valence-electron chi connectivity index (χ0n) is 11.6. The number of halogens is 1. The van der Waals surface area contributed by atoms with Gasteiger partial charge in [0.15, 0.2) is 5.82 Å². The molecule has 104 valence electrons. The molecule has 1 aromatic heterocycles. The summed E-state index contributed by atoms with van der Waals surface area (Å²) in [4.78, 5) is 11.3. The average Bonchev–Trinajstić information content (AvgIpc) is 2.48. The van der Waals surface area contributed by atoms with E-state index < -0.39 is 0 Å².